The highest BCUT2D eigenvalue weighted by Crippen LogP contribution is 2.39. The number of amides is 1. The fraction of sp³-hybridized carbons (Fsp3) is 0.480. The largest absolute Gasteiger partial charge is 0.352 e. The van der Waals surface area contributed by atoms with Crippen molar-refractivity contribution in [1.29, 1.82) is 0 Å². The van der Waals surface area contributed by atoms with Gasteiger partial charge in [0, 0.05) is 30.7 Å². The van der Waals surface area contributed by atoms with E-state index in [4.69, 9.17) is 11.6 Å². The lowest BCUT2D eigenvalue weighted by Crippen LogP contribution is -2.43. The van der Waals surface area contributed by atoms with Gasteiger partial charge in [-0.05, 0) is 53.9 Å². The molecule has 1 aliphatic carbocycles. The molecule has 1 N–H and O–H groups in total. The average molecular weight is 411 g/mol. The van der Waals surface area contributed by atoms with Crippen LogP contribution in [-0.4, -0.2) is 29.9 Å². The molecular weight excluding hydrogens is 380 g/mol. The van der Waals surface area contributed by atoms with Crippen LogP contribution in [0.15, 0.2) is 54.6 Å². The molecule has 4 heteroatoms. The number of fused-ring (bicyclic) bond motifs is 1. The third kappa shape index (κ3) is 4.67. The first-order valence-corrected chi connectivity index (χ1v) is 11.2. The van der Waals surface area contributed by atoms with Crippen molar-refractivity contribution in [1.82, 2.24) is 10.2 Å². The normalized spacial score (nSPS) is 25.2. The van der Waals surface area contributed by atoms with E-state index in [1.54, 1.807) is 0 Å². The summed E-state index contributed by atoms with van der Waals surface area (Å²) in [7, 11) is 0. The predicted octanol–water partition coefficient (Wildman–Crippen LogP) is 5.11. The van der Waals surface area contributed by atoms with E-state index >= 15 is 0 Å². The van der Waals surface area contributed by atoms with E-state index in [1.165, 1.54) is 12.0 Å². The minimum Gasteiger partial charge on any atom is -0.352 e. The summed E-state index contributed by atoms with van der Waals surface area (Å²) in [6.07, 6.45) is 2.31. The van der Waals surface area contributed by atoms with E-state index in [9.17, 15) is 4.79 Å². The summed E-state index contributed by atoms with van der Waals surface area (Å²) >= 11 is 6.15. The van der Waals surface area contributed by atoms with Gasteiger partial charge < -0.3 is 5.32 Å². The van der Waals surface area contributed by atoms with Gasteiger partial charge >= 0.3 is 0 Å². The third-order valence-corrected chi connectivity index (χ3v) is 6.90. The lowest BCUT2D eigenvalue weighted by molar-refractivity contribution is -0.124. The van der Waals surface area contributed by atoms with Gasteiger partial charge in [-0.25, -0.2) is 0 Å². The van der Waals surface area contributed by atoms with Crippen LogP contribution in [0.25, 0.3) is 0 Å². The lowest BCUT2D eigenvalue weighted by atomic mass is 9.87. The zero-order chi connectivity index (χ0) is 20.4. The quantitative estimate of drug-likeness (QED) is 0.717. The summed E-state index contributed by atoms with van der Waals surface area (Å²) in [5, 5.41) is 4.24. The molecule has 2 aromatic rings. The zero-order valence-corrected chi connectivity index (χ0v) is 18.1. The van der Waals surface area contributed by atoms with Crippen molar-refractivity contribution >= 4 is 17.5 Å². The lowest BCUT2D eigenvalue weighted by Gasteiger charge is -2.26. The maximum atomic E-state index is 13.2. The smallest absolute Gasteiger partial charge is 0.228 e. The molecule has 0 aromatic heterocycles. The molecule has 0 bridgehead atoms. The maximum absolute atomic E-state index is 13.2. The van der Waals surface area contributed by atoms with E-state index in [0.717, 1.165) is 36.6 Å². The Hall–Kier alpha value is -1.84. The van der Waals surface area contributed by atoms with Crippen LogP contribution in [0, 0.1) is 17.8 Å². The van der Waals surface area contributed by atoms with E-state index in [0.29, 0.717) is 17.9 Å². The second-order valence-electron chi connectivity index (χ2n) is 9.07. The first-order chi connectivity index (χ1) is 14.0. The zero-order valence-electron chi connectivity index (χ0n) is 17.4. The molecular formula is C25H31ClN2O. The van der Waals surface area contributed by atoms with E-state index in [2.05, 4.69) is 48.3 Å². The van der Waals surface area contributed by atoms with Crippen molar-refractivity contribution in [2.45, 2.75) is 45.2 Å². The summed E-state index contributed by atoms with van der Waals surface area (Å²) in [6, 6.07) is 18.6. The van der Waals surface area contributed by atoms with Crippen LogP contribution >= 0.6 is 11.6 Å². The molecule has 29 heavy (non-hydrogen) atoms. The summed E-state index contributed by atoms with van der Waals surface area (Å²) in [6.45, 7) is 7.39. The molecule has 4 rings (SSSR count). The molecule has 2 aromatic carbocycles. The van der Waals surface area contributed by atoms with Crippen LogP contribution in [0.1, 0.15) is 43.7 Å². The van der Waals surface area contributed by atoms with Gasteiger partial charge in [-0.3, -0.25) is 9.69 Å². The molecule has 0 spiro atoms. The van der Waals surface area contributed by atoms with Crippen LogP contribution in [0.5, 0.6) is 0 Å². The number of likely N-dealkylation sites (tertiary alicyclic amines) is 1. The monoisotopic (exact) mass is 410 g/mol. The topological polar surface area (TPSA) is 32.3 Å². The number of hydrogen-bond acceptors (Lipinski definition) is 2. The fourth-order valence-corrected chi connectivity index (χ4v) is 5.54. The molecule has 1 amide bonds. The molecule has 4 atom stereocenters. The SMILES string of the molecule is CC(C)C(C(=O)NC1CCC2CN(Cc3cccc(Cl)c3)CC21)c1ccccc1. The maximum Gasteiger partial charge on any atom is 0.228 e. The Labute approximate surface area is 179 Å². The van der Waals surface area contributed by atoms with Crippen LogP contribution in [-0.2, 0) is 11.3 Å². The summed E-state index contributed by atoms with van der Waals surface area (Å²) in [5.74, 6) is 1.62. The molecule has 1 saturated carbocycles. The highest BCUT2D eigenvalue weighted by molar-refractivity contribution is 6.30. The number of carbonyl (C=O) groups excluding carboxylic acids is 1. The molecule has 2 fully saturated rings. The average Bonchev–Trinajstić information content (AvgIpc) is 3.24. The minimum absolute atomic E-state index is 0.0841. The van der Waals surface area contributed by atoms with Crippen LogP contribution in [0.4, 0.5) is 0 Å². The van der Waals surface area contributed by atoms with Gasteiger partial charge in [-0.1, -0.05) is 67.9 Å². The highest BCUT2D eigenvalue weighted by atomic mass is 35.5. The van der Waals surface area contributed by atoms with Crippen LogP contribution in [0.3, 0.4) is 0 Å². The van der Waals surface area contributed by atoms with E-state index < -0.39 is 0 Å². The Balaban J connectivity index is 1.39. The summed E-state index contributed by atoms with van der Waals surface area (Å²) in [5.41, 5.74) is 2.38. The first kappa shape index (κ1) is 20.4. The predicted molar refractivity (Wildman–Crippen MR) is 119 cm³/mol. The Bertz CT molecular complexity index is 838. The molecule has 154 valence electrons. The van der Waals surface area contributed by atoms with Crippen molar-refractivity contribution in [3.8, 4) is 0 Å². The minimum atomic E-state index is -0.0841. The van der Waals surface area contributed by atoms with Gasteiger partial charge in [0.25, 0.3) is 0 Å². The molecule has 2 aliphatic rings. The number of halogens is 1. The van der Waals surface area contributed by atoms with Crippen molar-refractivity contribution in [3.05, 3.63) is 70.7 Å². The van der Waals surface area contributed by atoms with Gasteiger partial charge in [0.05, 0.1) is 5.92 Å². The second-order valence-corrected chi connectivity index (χ2v) is 9.51. The van der Waals surface area contributed by atoms with E-state index in [1.807, 2.05) is 30.3 Å². The molecule has 1 aliphatic heterocycles. The van der Waals surface area contributed by atoms with Crippen LogP contribution in [0.2, 0.25) is 5.02 Å². The number of carbonyl (C=O) groups is 1. The third-order valence-electron chi connectivity index (χ3n) is 6.66. The standard InChI is InChI=1S/C25H31ClN2O/c1-17(2)24(19-8-4-3-5-9-19)25(29)27-23-12-11-20-15-28(16-22(20)23)14-18-7-6-10-21(26)13-18/h3-10,13,17,20,22-24H,11-12,14-16H2,1-2H3,(H,27,29). The number of benzene rings is 2. The van der Waals surface area contributed by atoms with Gasteiger partial charge in [-0.2, -0.15) is 0 Å². The Morgan fingerprint density at radius 1 is 1.10 bits per heavy atom. The second kappa shape index (κ2) is 8.89. The molecule has 3 nitrogen and oxygen atoms in total. The van der Waals surface area contributed by atoms with Crippen molar-refractivity contribution in [2.75, 3.05) is 13.1 Å². The number of rotatable bonds is 6. The Morgan fingerprint density at radius 3 is 2.62 bits per heavy atom. The highest BCUT2D eigenvalue weighted by Gasteiger charge is 2.43. The molecule has 0 radical (unpaired) electrons. The Morgan fingerprint density at radius 2 is 1.90 bits per heavy atom. The van der Waals surface area contributed by atoms with Gasteiger partial charge in [0.2, 0.25) is 5.91 Å². The number of nitrogens with zero attached hydrogens (tertiary/aromatic N) is 1. The van der Waals surface area contributed by atoms with Gasteiger partial charge in [-0.15, -0.1) is 0 Å². The van der Waals surface area contributed by atoms with E-state index in [-0.39, 0.29) is 17.7 Å². The summed E-state index contributed by atoms with van der Waals surface area (Å²) < 4.78 is 0. The first-order valence-electron chi connectivity index (χ1n) is 10.8. The van der Waals surface area contributed by atoms with Crippen LogP contribution < -0.4 is 5.32 Å². The van der Waals surface area contributed by atoms with Crippen molar-refractivity contribution in [2.24, 2.45) is 17.8 Å². The number of nitrogens with one attached hydrogen (secondary N) is 1. The molecule has 1 saturated heterocycles. The molecule has 4 unspecified atom stereocenters. The van der Waals surface area contributed by atoms with Crippen molar-refractivity contribution < 1.29 is 4.79 Å². The van der Waals surface area contributed by atoms with Gasteiger partial charge in [0.1, 0.15) is 0 Å². The Kier molecular flexibility index (Phi) is 6.26. The van der Waals surface area contributed by atoms with Gasteiger partial charge in [0.15, 0.2) is 0 Å². The fourth-order valence-electron chi connectivity index (χ4n) is 5.33. The number of hydrogen-bond donors (Lipinski definition) is 1. The molecule has 1 heterocycles. The summed E-state index contributed by atoms with van der Waals surface area (Å²) in [4.78, 5) is 15.7. The van der Waals surface area contributed by atoms with Crippen molar-refractivity contribution in [3.63, 3.8) is 0 Å².